The van der Waals surface area contributed by atoms with Gasteiger partial charge >= 0.3 is 0 Å². The summed E-state index contributed by atoms with van der Waals surface area (Å²) in [5, 5.41) is 22.3. The van der Waals surface area contributed by atoms with Crippen LogP contribution in [-0.4, -0.2) is 17.8 Å². The molecule has 0 heterocycles. The van der Waals surface area contributed by atoms with E-state index in [0.29, 0.717) is 18.5 Å². The summed E-state index contributed by atoms with van der Waals surface area (Å²) >= 11 is 0. The molecular weight excluding hydrogens is 260 g/mol. The lowest BCUT2D eigenvalue weighted by molar-refractivity contribution is 0.168. The molecule has 0 aliphatic rings. The maximum atomic E-state index is 10.1. The van der Waals surface area contributed by atoms with Crippen LogP contribution in [-0.2, 0) is 6.42 Å². The minimum absolute atomic E-state index is 0.101. The Morgan fingerprint density at radius 1 is 1.14 bits per heavy atom. The van der Waals surface area contributed by atoms with Crippen molar-refractivity contribution in [3.8, 4) is 6.07 Å². The van der Waals surface area contributed by atoms with Crippen LogP contribution in [0.25, 0.3) is 0 Å². The number of rotatable bonds is 6. The van der Waals surface area contributed by atoms with E-state index >= 15 is 0 Å². The van der Waals surface area contributed by atoms with Gasteiger partial charge in [0.2, 0.25) is 0 Å². The SMILES string of the molecule is CC(NCC(O)Cc1ccccc1)c1cccc(C#N)c1. The van der Waals surface area contributed by atoms with Crippen molar-refractivity contribution in [3.05, 3.63) is 71.3 Å². The Labute approximate surface area is 125 Å². The first kappa shape index (κ1) is 15.2. The smallest absolute Gasteiger partial charge is 0.0991 e. The Morgan fingerprint density at radius 2 is 1.90 bits per heavy atom. The van der Waals surface area contributed by atoms with Crippen molar-refractivity contribution in [2.45, 2.75) is 25.5 Å². The zero-order valence-electron chi connectivity index (χ0n) is 12.2. The van der Waals surface area contributed by atoms with Gasteiger partial charge in [-0.3, -0.25) is 0 Å². The van der Waals surface area contributed by atoms with Gasteiger partial charge in [0.25, 0.3) is 0 Å². The van der Waals surface area contributed by atoms with Gasteiger partial charge in [0.1, 0.15) is 0 Å². The molecule has 0 amide bonds. The lowest BCUT2D eigenvalue weighted by Gasteiger charge is -2.17. The van der Waals surface area contributed by atoms with Gasteiger partial charge in [0.15, 0.2) is 0 Å². The minimum atomic E-state index is -0.422. The minimum Gasteiger partial charge on any atom is -0.391 e. The molecule has 0 aliphatic heterocycles. The molecule has 21 heavy (non-hydrogen) atoms. The number of nitriles is 1. The monoisotopic (exact) mass is 280 g/mol. The molecule has 3 heteroatoms. The molecule has 0 saturated carbocycles. The number of nitrogens with one attached hydrogen (secondary N) is 1. The van der Waals surface area contributed by atoms with E-state index < -0.39 is 6.10 Å². The lowest BCUT2D eigenvalue weighted by atomic mass is 10.0. The van der Waals surface area contributed by atoms with Gasteiger partial charge in [-0.1, -0.05) is 42.5 Å². The second-order valence-corrected chi connectivity index (χ2v) is 5.21. The third-order valence-corrected chi connectivity index (χ3v) is 3.49. The van der Waals surface area contributed by atoms with Gasteiger partial charge in [-0.2, -0.15) is 5.26 Å². The summed E-state index contributed by atoms with van der Waals surface area (Å²) in [5.41, 5.74) is 2.85. The van der Waals surface area contributed by atoms with Crippen molar-refractivity contribution in [2.24, 2.45) is 0 Å². The highest BCUT2D eigenvalue weighted by atomic mass is 16.3. The predicted molar refractivity (Wildman–Crippen MR) is 83.7 cm³/mol. The van der Waals surface area contributed by atoms with Gasteiger partial charge in [0, 0.05) is 12.6 Å². The van der Waals surface area contributed by atoms with Crippen molar-refractivity contribution in [3.63, 3.8) is 0 Å². The maximum Gasteiger partial charge on any atom is 0.0991 e. The van der Waals surface area contributed by atoms with Crippen LogP contribution in [0.2, 0.25) is 0 Å². The summed E-state index contributed by atoms with van der Waals surface area (Å²) in [6.45, 7) is 2.55. The van der Waals surface area contributed by atoms with Crippen molar-refractivity contribution >= 4 is 0 Å². The Kier molecular flexibility index (Phi) is 5.51. The van der Waals surface area contributed by atoms with E-state index in [2.05, 4.69) is 11.4 Å². The Hall–Kier alpha value is -2.15. The molecule has 2 aromatic carbocycles. The zero-order chi connectivity index (χ0) is 15.1. The molecule has 0 radical (unpaired) electrons. The largest absolute Gasteiger partial charge is 0.391 e. The third kappa shape index (κ3) is 4.71. The number of hydrogen-bond donors (Lipinski definition) is 2. The maximum absolute atomic E-state index is 10.1. The number of hydrogen-bond acceptors (Lipinski definition) is 3. The Morgan fingerprint density at radius 3 is 2.62 bits per heavy atom. The van der Waals surface area contributed by atoms with E-state index in [1.807, 2.05) is 55.5 Å². The van der Waals surface area contributed by atoms with Crippen LogP contribution < -0.4 is 5.32 Å². The van der Waals surface area contributed by atoms with Crippen LogP contribution in [0.3, 0.4) is 0 Å². The summed E-state index contributed by atoms with van der Waals surface area (Å²) < 4.78 is 0. The number of aliphatic hydroxyl groups excluding tert-OH is 1. The standard InChI is InChI=1S/C18H20N2O/c1-14(17-9-5-8-16(10-17)12-19)20-13-18(21)11-15-6-3-2-4-7-15/h2-10,14,18,20-21H,11,13H2,1H3. The highest BCUT2D eigenvalue weighted by Crippen LogP contribution is 2.14. The van der Waals surface area contributed by atoms with E-state index in [-0.39, 0.29) is 6.04 Å². The summed E-state index contributed by atoms with van der Waals surface area (Å²) in [6.07, 6.45) is 0.215. The molecule has 2 rings (SSSR count). The molecule has 0 spiro atoms. The quantitative estimate of drug-likeness (QED) is 0.855. The van der Waals surface area contributed by atoms with Crippen molar-refractivity contribution < 1.29 is 5.11 Å². The highest BCUT2D eigenvalue weighted by molar-refractivity contribution is 5.34. The van der Waals surface area contributed by atoms with E-state index in [1.54, 1.807) is 6.07 Å². The predicted octanol–water partition coefficient (Wildman–Crippen LogP) is 2.81. The molecule has 108 valence electrons. The first-order valence-electron chi connectivity index (χ1n) is 7.14. The summed E-state index contributed by atoms with van der Waals surface area (Å²) in [7, 11) is 0. The van der Waals surface area contributed by atoms with Gasteiger partial charge in [-0.25, -0.2) is 0 Å². The Bertz CT molecular complexity index is 604. The van der Waals surface area contributed by atoms with Crippen LogP contribution >= 0.6 is 0 Å². The molecule has 0 aromatic heterocycles. The first-order chi connectivity index (χ1) is 10.2. The molecule has 0 aliphatic carbocycles. The molecule has 2 N–H and O–H groups in total. The third-order valence-electron chi connectivity index (χ3n) is 3.49. The molecule has 0 fully saturated rings. The number of nitrogens with zero attached hydrogens (tertiary/aromatic N) is 1. The second kappa shape index (κ2) is 7.58. The van der Waals surface area contributed by atoms with Crippen LogP contribution in [0, 0.1) is 11.3 Å². The molecule has 0 saturated heterocycles. The highest BCUT2D eigenvalue weighted by Gasteiger charge is 2.09. The summed E-state index contributed by atoms with van der Waals surface area (Å²) in [5.74, 6) is 0. The zero-order valence-corrected chi connectivity index (χ0v) is 12.2. The fourth-order valence-electron chi connectivity index (χ4n) is 2.27. The fourth-order valence-corrected chi connectivity index (χ4v) is 2.27. The van der Waals surface area contributed by atoms with Gasteiger partial charge in [0.05, 0.1) is 17.7 Å². The van der Waals surface area contributed by atoms with E-state index in [1.165, 1.54) is 0 Å². The van der Waals surface area contributed by atoms with E-state index in [0.717, 1.165) is 11.1 Å². The van der Waals surface area contributed by atoms with E-state index in [4.69, 9.17) is 5.26 Å². The van der Waals surface area contributed by atoms with Crippen LogP contribution in [0.1, 0.15) is 29.7 Å². The van der Waals surface area contributed by atoms with Crippen molar-refractivity contribution in [1.82, 2.24) is 5.32 Å². The molecule has 0 bridgehead atoms. The molecule has 2 unspecified atom stereocenters. The van der Waals surface area contributed by atoms with Gasteiger partial charge in [-0.05, 0) is 36.6 Å². The summed E-state index contributed by atoms with van der Waals surface area (Å²) in [4.78, 5) is 0. The van der Waals surface area contributed by atoms with Gasteiger partial charge in [-0.15, -0.1) is 0 Å². The average molecular weight is 280 g/mol. The molecular formula is C18H20N2O. The number of aliphatic hydroxyl groups is 1. The second-order valence-electron chi connectivity index (χ2n) is 5.21. The van der Waals surface area contributed by atoms with Crippen LogP contribution in [0.5, 0.6) is 0 Å². The average Bonchev–Trinajstić information content (AvgIpc) is 2.53. The molecule has 2 atom stereocenters. The van der Waals surface area contributed by atoms with Crippen LogP contribution in [0.15, 0.2) is 54.6 Å². The van der Waals surface area contributed by atoms with Gasteiger partial charge < -0.3 is 10.4 Å². The normalized spacial score (nSPS) is 13.4. The van der Waals surface area contributed by atoms with Crippen LogP contribution in [0.4, 0.5) is 0 Å². The van der Waals surface area contributed by atoms with Crippen molar-refractivity contribution in [2.75, 3.05) is 6.54 Å². The molecule has 3 nitrogen and oxygen atoms in total. The lowest BCUT2D eigenvalue weighted by Crippen LogP contribution is -2.30. The fraction of sp³-hybridized carbons (Fsp3) is 0.278. The topological polar surface area (TPSA) is 56.0 Å². The number of benzene rings is 2. The van der Waals surface area contributed by atoms with E-state index in [9.17, 15) is 5.11 Å². The first-order valence-corrected chi connectivity index (χ1v) is 7.14. The Balaban J connectivity index is 1.86. The molecule has 2 aromatic rings. The summed E-state index contributed by atoms with van der Waals surface area (Å²) in [6, 6.07) is 19.7. The van der Waals surface area contributed by atoms with Crippen molar-refractivity contribution in [1.29, 1.82) is 5.26 Å².